The lowest BCUT2D eigenvalue weighted by atomic mass is 9.97. The number of para-hydroxylation sites is 2. The van der Waals surface area contributed by atoms with Crippen LogP contribution in [0.4, 0.5) is 5.69 Å². The molecule has 1 fully saturated rings. The highest BCUT2D eigenvalue weighted by molar-refractivity contribution is 6.00. The number of rotatable bonds is 10. The van der Waals surface area contributed by atoms with Crippen molar-refractivity contribution in [2.75, 3.05) is 18.6 Å². The van der Waals surface area contributed by atoms with Gasteiger partial charge in [0.15, 0.2) is 0 Å². The second-order valence-electron chi connectivity index (χ2n) is 9.79. The highest BCUT2D eigenvalue weighted by Gasteiger charge is 2.39. The van der Waals surface area contributed by atoms with Gasteiger partial charge in [0.1, 0.15) is 18.3 Å². The van der Waals surface area contributed by atoms with Crippen molar-refractivity contribution in [1.82, 2.24) is 9.47 Å². The van der Waals surface area contributed by atoms with E-state index in [2.05, 4.69) is 17.6 Å². The number of ether oxygens (including phenoxy) is 1. The van der Waals surface area contributed by atoms with Gasteiger partial charge in [-0.3, -0.25) is 14.5 Å². The van der Waals surface area contributed by atoms with Gasteiger partial charge < -0.3 is 14.2 Å². The molecule has 1 saturated carbocycles. The van der Waals surface area contributed by atoms with Gasteiger partial charge in [-0.1, -0.05) is 50.5 Å². The minimum Gasteiger partial charge on any atom is -0.497 e. The molecule has 6 nitrogen and oxygen atoms in total. The van der Waals surface area contributed by atoms with Crippen LogP contribution < -0.4 is 9.64 Å². The van der Waals surface area contributed by atoms with Crippen molar-refractivity contribution in [3.63, 3.8) is 0 Å². The molecule has 0 radical (unpaired) electrons. The molecule has 0 spiro atoms. The Morgan fingerprint density at radius 3 is 2.39 bits per heavy atom. The first kappa shape index (κ1) is 24.2. The van der Waals surface area contributed by atoms with Gasteiger partial charge in [0.2, 0.25) is 11.8 Å². The number of hydrogen-bond donors (Lipinski definition) is 0. The summed E-state index contributed by atoms with van der Waals surface area (Å²) in [5.74, 6) is 0.831. The fourth-order valence-corrected chi connectivity index (χ4v) is 5.24. The SMILES string of the molecule is CCCCCCC(=O)N(CC(=O)N1c2ccccc2-n2cccc2C1c1ccc(OC)cc1)C1CC1. The maximum absolute atomic E-state index is 14.1. The molecule has 1 aliphatic carbocycles. The second-order valence-corrected chi connectivity index (χ2v) is 9.79. The van der Waals surface area contributed by atoms with Crippen LogP contribution in [0.5, 0.6) is 5.75 Å². The van der Waals surface area contributed by atoms with Crippen LogP contribution in [0, 0.1) is 0 Å². The van der Waals surface area contributed by atoms with Gasteiger partial charge in [-0.05, 0) is 61.2 Å². The summed E-state index contributed by atoms with van der Waals surface area (Å²) in [4.78, 5) is 31.0. The number of hydrogen-bond acceptors (Lipinski definition) is 3. The summed E-state index contributed by atoms with van der Waals surface area (Å²) in [5, 5.41) is 0. The molecule has 1 unspecified atom stereocenters. The number of anilines is 1. The summed E-state index contributed by atoms with van der Waals surface area (Å²) in [5.41, 5.74) is 3.86. The van der Waals surface area contributed by atoms with Crippen molar-refractivity contribution in [2.24, 2.45) is 0 Å². The maximum Gasteiger partial charge on any atom is 0.247 e. The molecule has 6 heteroatoms. The number of carbonyl (C=O) groups excluding carboxylic acids is 2. The van der Waals surface area contributed by atoms with E-state index in [9.17, 15) is 9.59 Å². The quantitative estimate of drug-likeness (QED) is 0.337. The predicted octanol–water partition coefficient (Wildman–Crippen LogP) is 5.88. The third-order valence-electron chi connectivity index (χ3n) is 7.28. The van der Waals surface area contributed by atoms with Crippen LogP contribution >= 0.6 is 0 Å². The van der Waals surface area contributed by atoms with E-state index >= 15 is 0 Å². The topological polar surface area (TPSA) is 54.8 Å². The van der Waals surface area contributed by atoms with Crippen molar-refractivity contribution in [3.8, 4) is 11.4 Å². The van der Waals surface area contributed by atoms with Crippen LogP contribution in [0.25, 0.3) is 5.69 Å². The lowest BCUT2D eigenvalue weighted by Gasteiger charge is -2.39. The van der Waals surface area contributed by atoms with Crippen LogP contribution in [0.15, 0.2) is 66.9 Å². The summed E-state index contributed by atoms with van der Waals surface area (Å²) in [6.45, 7) is 2.28. The molecule has 188 valence electrons. The van der Waals surface area contributed by atoms with Crippen molar-refractivity contribution < 1.29 is 14.3 Å². The Kier molecular flexibility index (Phi) is 7.12. The van der Waals surface area contributed by atoms with Crippen LogP contribution in [-0.4, -0.2) is 41.0 Å². The highest BCUT2D eigenvalue weighted by Crippen LogP contribution is 2.43. The summed E-state index contributed by atoms with van der Waals surface area (Å²) in [6, 6.07) is 19.9. The number of aromatic nitrogens is 1. The van der Waals surface area contributed by atoms with E-state index in [-0.39, 0.29) is 30.4 Å². The molecule has 1 atom stereocenters. The van der Waals surface area contributed by atoms with Gasteiger partial charge in [-0.25, -0.2) is 0 Å². The first-order valence-corrected chi connectivity index (χ1v) is 13.1. The van der Waals surface area contributed by atoms with Gasteiger partial charge in [-0.2, -0.15) is 0 Å². The van der Waals surface area contributed by atoms with Gasteiger partial charge in [0, 0.05) is 18.7 Å². The number of benzene rings is 2. The van der Waals surface area contributed by atoms with E-state index in [0.29, 0.717) is 6.42 Å². The summed E-state index contributed by atoms with van der Waals surface area (Å²) < 4.78 is 7.53. The molecule has 2 amide bonds. The number of carbonyl (C=O) groups is 2. The smallest absolute Gasteiger partial charge is 0.247 e. The molecule has 3 aromatic rings. The molecule has 36 heavy (non-hydrogen) atoms. The minimum atomic E-state index is -0.297. The number of unbranched alkanes of at least 4 members (excludes halogenated alkanes) is 3. The summed E-state index contributed by atoms with van der Waals surface area (Å²) >= 11 is 0. The molecule has 5 rings (SSSR count). The third-order valence-corrected chi connectivity index (χ3v) is 7.28. The Morgan fingerprint density at radius 1 is 0.944 bits per heavy atom. The van der Waals surface area contributed by atoms with Gasteiger partial charge >= 0.3 is 0 Å². The average Bonchev–Trinajstić information content (AvgIpc) is 3.63. The normalized spacial score (nSPS) is 16.3. The fourth-order valence-electron chi connectivity index (χ4n) is 5.24. The van der Waals surface area contributed by atoms with E-state index in [0.717, 1.165) is 66.9 Å². The largest absolute Gasteiger partial charge is 0.497 e. The Bertz CT molecular complexity index is 1210. The summed E-state index contributed by atoms with van der Waals surface area (Å²) in [7, 11) is 1.65. The number of fused-ring (bicyclic) bond motifs is 3. The van der Waals surface area contributed by atoms with Crippen molar-refractivity contribution >= 4 is 17.5 Å². The standard InChI is InChI=1S/C30H35N3O3/c1-3-4-5-6-13-28(34)32(23-16-17-23)21-29(35)33-26-11-8-7-10-25(26)31-20-9-12-27(31)30(33)22-14-18-24(36-2)19-15-22/h7-12,14-15,18-20,23,30H,3-6,13,16-17,21H2,1-2H3. The third kappa shape index (κ3) is 4.77. The van der Waals surface area contributed by atoms with Crippen LogP contribution in [0.1, 0.15) is 69.2 Å². The first-order chi connectivity index (χ1) is 17.6. The zero-order chi connectivity index (χ0) is 25.1. The zero-order valence-electron chi connectivity index (χ0n) is 21.2. The van der Waals surface area contributed by atoms with Crippen LogP contribution in [0.3, 0.4) is 0 Å². The van der Waals surface area contributed by atoms with Crippen molar-refractivity contribution in [3.05, 3.63) is 78.1 Å². The van der Waals surface area contributed by atoms with E-state index < -0.39 is 0 Å². The van der Waals surface area contributed by atoms with Gasteiger partial charge in [0.25, 0.3) is 0 Å². The Labute approximate surface area is 213 Å². The highest BCUT2D eigenvalue weighted by atomic mass is 16.5. The molecule has 1 aromatic heterocycles. The number of methoxy groups -OCH3 is 1. The van der Waals surface area contributed by atoms with E-state index in [1.807, 2.05) is 70.6 Å². The van der Waals surface area contributed by atoms with Crippen molar-refractivity contribution in [2.45, 2.75) is 64.0 Å². The molecule has 0 bridgehead atoms. The molecule has 1 aliphatic heterocycles. The monoisotopic (exact) mass is 485 g/mol. The maximum atomic E-state index is 14.1. The minimum absolute atomic E-state index is 0.0514. The predicted molar refractivity (Wildman–Crippen MR) is 142 cm³/mol. The van der Waals surface area contributed by atoms with E-state index in [1.54, 1.807) is 7.11 Å². The molecular formula is C30H35N3O3. The average molecular weight is 486 g/mol. The lowest BCUT2D eigenvalue weighted by molar-refractivity contribution is -0.136. The van der Waals surface area contributed by atoms with Crippen molar-refractivity contribution in [1.29, 1.82) is 0 Å². The molecule has 2 aromatic carbocycles. The van der Waals surface area contributed by atoms with Gasteiger partial charge in [0.05, 0.1) is 24.2 Å². The Hall–Kier alpha value is -3.54. The first-order valence-electron chi connectivity index (χ1n) is 13.1. The van der Waals surface area contributed by atoms with E-state index in [1.165, 1.54) is 0 Å². The molecular weight excluding hydrogens is 450 g/mol. The molecule has 2 heterocycles. The van der Waals surface area contributed by atoms with E-state index in [4.69, 9.17) is 4.74 Å². The molecule has 0 N–H and O–H groups in total. The Morgan fingerprint density at radius 2 is 1.69 bits per heavy atom. The number of amides is 2. The number of nitrogens with zero attached hydrogens (tertiary/aromatic N) is 3. The Balaban J connectivity index is 1.47. The van der Waals surface area contributed by atoms with Gasteiger partial charge in [-0.15, -0.1) is 0 Å². The molecule has 0 saturated heterocycles. The second kappa shape index (κ2) is 10.6. The molecule has 2 aliphatic rings. The fraction of sp³-hybridized carbons (Fsp3) is 0.400. The lowest BCUT2D eigenvalue weighted by Crippen LogP contribution is -2.47. The van der Waals surface area contributed by atoms with Crippen LogP contribution in [-0.2, 0) is 9.59 Å². The summed E-state index contributed by atoms with van der Waals surface area (Å²) in [6.07, 6.45) is 8.76. The zero-order valence-corrected chi connectivity index (χ0v) is 21.2. The van der Waals surface area contributed by atoms with Crippen LogP contribution in [0.2, 0.25) is 0 Å².